The van der Waals surface area contributed by atoms with E-state index in [2.05, 4.69) is 20.9 Å². The first-order valence-corrected chi connectivity index (χ1v) is 17.3. The predicted molar refractivity (Wildman–Crippen MR) is 174 cm³/mol. The maximum Gasteiger partial charge on any atom is 0.356 e. The van der Waals surface area contributed by atoms with Gasteiger partial charge in [-0.25, -0.2) is 4.79 Å². The van der Waals surface area contributed by atoms with Gasteiger partial charge >= 0.3 is 5.97 Å². The number of H-pyrrole nitrogens is 1. The molecule has 13 nitrogen and oxygen atoms in total. The van der Waals surface area contributed by atoms with Crippen molar-refractivity contribution in [2.24, 2.45) is 17.3 Å². The molecular formula is C35H49N5O8. The number of amides is 4. The molecule has 2 saturated heterocycles. The summed E-state index contributed by atoms with van der Waals surface area (Å²) in [4.78, 5) is 97.1. The third kappa shape index (κ3) is 6.52. The largest absolute Gasteiger partial charge is 0.448 e. The number of nitrogens with one attached hydrogen (secondary N) is 4. The number of piperidine rings is 1. The van der Waals surface area contributed by atoms with Crippen molar-refractivity contribution in [2.75, 3.05) is 0 Å². The molecule has 2 saturated carbocycles. The number of esters is 1. The number of aryl methyl sites for hydroxylation is 1. The summed E-state index contributed by atoms with van der Waals surface area (Å²) in [7, 11) is 0. The van der Waals surface area contributed by atoms with Gasteiger partial charge in [-0.1, -0.05) is 33.6 Å². The molecule has 2 aliphatic heterocycles. The van der Waals surface area contributed by atoms with Gasteiger partial charge in [0.2, 0.25) is 17.6 Å². The van der Waals surface area contributed by atoms with Gasteiger partial charge < -0.3 is 30.6 Å². The van der Waals surface area contributed by atoms with Gasteiger partial charge in [0, 0.05) is 17.8 Å². The molecule has 0 aromatic carbocycles. The number of Topliss-reactive ketones (excluding diaryl/α,β-unsaturated/α-hetero) is 2. The van der Waals surface area contributed by atoms with E-state index in [9.17, 15) is 33.6 Å². The van der Waals surface area contributed by atoms with E-state index < -0.39 is 65.0 Å². The van der Waals surface area contributed by atoms with Gasteiger partial charge in [0.25, 0.3) is 11.8 Å². The van der Waals surface area contributed by atoms with Crippen LogP contribution in [0.3, 0.4) is 0 Å². The molecule has 4 N–H and O–H groups in total. The molecule has 1 aromatic rings. The van der Waals surface area contributed by atoms with Gasteiger partial charge in [-0.3, -0.25) is 28.8 Å². The maximum atomic E-state index is 14.4. The SMILES string of the molecule is CCC[C@H](NC(=O)[C@@H]1CC2CCCC3C2N1C(=O)[C@@H](NC(=O)[C@H](C)OC(=O)c1[nH]c(C)c(C)c1C(C)=O)C3(C)C)C(=O)C(=O)NC1CC1. The van der Waals surface area contributed by atoms with Gasteiger partial charge in [-0.15, -0.1) is 0 Å². The summed E-state index contributed by atoms with van der Waals surface area (Å²) in [6, 6.07) is -3.08. The Kier molecular flexibility index (Phi) is 9.90. The normalized spacial score (nSPS) is 26.9. The number of aromatic amines is 1. The average Bonchev–Trinajstić information content (AvgIpc) is 3.67. The third-order valence-electron chi connectivity index (χ3n) is 11.0. The summed E-state index contributed by atoms with van der Waals surface area (Å²) >= 11 is 0. The van der Waals surface area contributed by atoms with E-state index in [0.29, 0.717) is 24.1 Å². The van der Waals surface area contributed by atoms with Crippen molar-refractivity contribution in [3.63, 3.8) is 0 Å². The van der Waals surface area contributed by atoms with Crippen LogP contribution in [0.15, 0.2) is 0 Å². The summed E-state index contributed by atoms with van der Waals surface area (Å²) in [5, 5.41) is 8.34. The van der Waals surface area contributed by atoms with E-state index in [1.807, 2.05) is 20.8 Å². The van der Waals surface area contributed by atoms with Gasteiger partial charge in [0.15, 0.2) is 11.9 Å². The number of ether oxygens (including phenoxy) is 1. The Bertz CT molecular complexity index is 1530. The number of hydrogen-bond donors (Lipinski definition) is 4. The lowest BCUT2D eigenvalue weighted by Gasteiger charge is -2.55. The quantitative estimate of drug-likeness (QED) is 0.149. The molecule has 48 heavy (non-hydrogen) atoms. The number of aromatic nitrogens is 1. The highest BCUT2D eigenvalue weighted by Crippen LogP contribution is 2.53. The number of hydrogen-bond acceptors (Lipinski definition) is 8. The number of nitrogens with zero attached hydrogens (tertiary/aromatic N) is 1. The fourth-order valence-electron chi connectivity index (χ4n) is 8.14. The van der Waals surface area contributed by atoms with Crippen molar-refractivity contribution in [3.05, 3.63) is 22.5 Å². The molecule has 0 bridgehead atoms. The van der Waals surface area contributed by atoms with Crippen LogP contribution < -0.4 is 16.0 Å². The van der Waals surface area contributed by atoms with E-state index in [-0.39, 0.29) is 47.4 Å². The minimum atomic E-state index is -1.29. The fraction of sp³-hybridized carbons (Fsp3) is 0.686. The molecule has 3 unspecified atom stereocenters. The van der Waals surface area contributed by atoms with Crippen LogP contribution in [-0.4, -0.2) is 87.4 Å². The van der Waals surface area contributed by atoms with Crippen molar-refractivity contribution in [3.8, 4) is 0 Å². The standard InChI is InChI=1S/C35H49N5O8/c1-8-10-23(28(42)32(45)37-21-13-14-21)38-31(44)24-15-20-11-9-12-22-27(20)40(24)33(46)29(35(22,6)7)39-30(43)19(5)48-34(47)26-25(18(4)41)16(2)17(3)36-26/h19-24,27,29,36H,8-15H2,1-7H3,(H,37,45)(H,38,44)(H,39,43)/t19-,20?,22?,23-,24-,27?,29+/m0/s1. The number of ketones is 2. The smallest absolute Gasteiger partial charge is 0.356 e. The predicted octanol–water partition coefficient (Wildman–Crippen LogP) is 2.42. The fourth-order valence-corrected chi connectivity index (χ4v) is 8.14. The number of rotatable bonds is 12. The molecule has 13 heteroatoms. The zero-order chi connectivity index (χ0) is 35.2. The molecule has 4 aliphatic rings. The second-order valence-electron chi connectivity index (χ2n) is 14.7. The third-order valence-corrected chi connectivity index (χ3v) is 11.0. The van der Waals surface area contributed by atoms with Gasteiger partial charge in [-0.2, -0.15) is 0 Å². The number of carbonyl (C=O) groups excluding carboxylic acids is 7. The summed E-state index contributed by atoms with van der Waals surface area (Å²) < 4.78 is 5.48. The molecule has 0 spiro atoms. The molecule has 4 amide bonds. The Labute approximate surface area is 281 Å². The zero-order valence-corrected chi connectivity index (χ0v) is 29.0. The molecule has 4 fully saturated rings. The van der Waals surface area contributed by atoms with Crippen LogP contribution in [0.1, 0.15) is 118 Å². The van der Waals surface area contributed by atoms with Crippen LogP contribution in [0, 0.1) is 31.1 Å². The maximum absolute atomic E-state index is 14.4. The highest BCUT2D eigenvalue weighted by atomic mass is 16.5. The molecule has 3 heterocycles. The lowest BCUT2D eigenvalue weighted by molar-refractivity contribution is -0.160. The lowest BCUT2D eigenvalue weighted by atomic mass is 9.60. The van der Waals surface area contributed by atoms with Crippen LogP contribution in [0.2, 0.25) is 0 Å². The van der Waals surface area contributed by atoms with Gasteiger partial charge in [0.1, 0.15) is 17.8 Å². The minimum Gasteiger partial charge on any atom is -0.448 e. The Morgan fingerprint density at radius 2 is 1.73 bits per heavy atom. The van der Waals surface area contributed by atoms with Crippen molar-refractivity contribution in [1.29, 1.82) is 0 Å². The van der Waals surface area contributed by atoms with Gasteiger partial charge in [-0.05, 0) is 89.0 Å². The van der Waals surface area contributed by atoms with Crippen LogP contribution in [0.4, 0.5) is 0 Å². The molecule has 7 atom stereocenters. The van der Waals surface area contributed by atoms with Crippen LogP contribution in [-0.2, 0) is 28.7 Å². The summed E-state index contributed by atoms with van der Waals surface area (Å²) in [5.74, 6) is -4.07. The van der Waals surface area contributed by atoms with E-state index in [0.717, 1.165) is 32.1 Å². The summed E-state index contributed by atoms with van der Waals surface area (Å²) in [6.07, 6.45) is 4.22. The average molecular weight is 668 g/mol. The summed E-state index contributed by atoms with van der Waals surface area (Å²) in [5.41, 5.74) is 0.751. The Hall–Kier alpha value is -4.03. The van der Waals surface area contributed by atoms with Crippen LogP contribution >= 0.6 is 0 Å². The molecule has 1 aromatic heterocycles. The van der Waals surface area contributed by atoms with Gasteiger partial charge in [0.05, 0.1) is 11.6 Å². The Balaban J connectivity index is 1.33. The van der Waals surface area contributed by atoms with E-state index in [1.165, 1.54) is 13.8 Å². The first-order valence-electron chi connectivity index (χ1n) is 17.3. The van der Waals surface area contributed by atoms with E-state index in [4.69, 9.17) is 4.74 Å². The Morgan fingerprint density at radius 3 is 2.35 bits per heavy atom. The molecule has 2 aliphatic carbocycles. The first kappa shape index (κ1) is 35.3. The van der Waals surface area contributed by atoms with E-state index >= 15 is 0 Å². The van der Waals surface area contributed by atoms with Crippen molar-refractivity contribution >= 4 is 41.2 Å². The highest BCUT2D eigenvalue weighted by molar-refractivity contribution is 6.38. The van der Waals surface area contributed by atoms with Crippen LogP contribution in [0.5, 0.6) is 0 Å². The highest BCUT2D eigenvalue weighted by Gasteiger charge is 2.62. The lowest BCUT2D eigenvalue weighted by Crippen LogP contribution is -2.70. The zero-order valence-electron chi connectivity index (χ0n) is 29.0. The molecule has 262 valence electrons. The van der Waals surface area contributed by atoms with E-state index in [1.54, 1.807) is 18.7 Å². The van der Waals surface area contributed by atoms with Crippen molar-refractivity contribution in [1.82, 2.24) is 25.8 Å². The minimum absolute atomic E-state index is 0.00177. The second kappa shape index (κ2) is 13.5. The second-order valence-corrected chi connectivity index (χ2v) is 14.7. The van der Waals surface area contributed by atoms with Crippen molar-refractivity contribution in [2.45, 2.75) is 136 Å². The Morgan fingerprint density at radius 1 is 1.04 bits per heavy atom. The van der Waals surface area contributed by atoms with Crippen molar-refractivity contribution < 1.29 is 38.3 Å². The topological polar surface area (TPSA) is 184 Å². The monoisotopic (exact) mass is 667 g/mol. The molecule has 5 rings (SSSR count). The number of carbonyl (C=O) groups is 7. The molecule has 0 radical (unpaired) electrons. The van der Waals surface area contributed by atoms with Crippen LogP contribution in [0.25, 0.3) is 0 Å². The first-order chi connectivity index (χ1) is 22.6. The molecular weight excluding hydrogens is 618 g/mol. The summed E-state index contributed by atoms with van der Waals surface area (Å²) in [6.45, 7) is 12.0.